The zero-order valence-electron chi connectivity index (χ0n) is 5.83. The molecular formula is C7H15N. The molecule has 0 aromatic carbocycles. The number of nitrogens with one attached hydrogen (secondary N) is 1. The fraction of sp³-hybridized carbons (Fsp3) is 1.00. The molecule has 0 unspecified atom stereocenters. The Hall–Kier alpha value is -0.0400. The standard InChI is InChI=1S/C7H15N/c1-3-8-6-7(2)4-5-7/h8H,3-6H2,1-2H3. The molecule has 8 heavy (non-hydrogen) atoms. The van der Waals surface area contributed by atoms with Crippen LogP contribution in [0.4, 0.5) is 0 Å². The van der Waals surface area contributed by atoms with Gasteiger partial charge in [-0.25, -0.2) is 0 Å². The summed E-state index contributed by atoms with van der Waals surface area (Å²) in [5.74, 6) is 0. The minimum atomic E-state index is 0.690. The van der Waals surface area contributed by atoms with Crippen LogP contribution < -0.4 is 5.32 Å². The maximum Gasteiger partial charge on any atom is 0.000505 e. The summed E-state index contributed by atoms with van der Waals surface area (Å²) in [4.78, 5) is 0. The summed E-state index contributed by atoms with van der Waals surface area (Å²) in [6.07, 6.45) is 2.86. The first-order valence-corrected chi connectivity index (χ1v) is 3.47. The van der Waals surface area contributed by atoms with E-state index >= 15 is 0 Å². The minimum absolute atomic E-state index is 0.690. The van der Waals surface area contributed by atoms with Crippen LogP contribution in [0.5, 0.6) is 0 Å². The van der Waals surface area contributed by atoms with E-state index < -0.39 is 0 Å². The van der Waals surface area contributed by atoms with Gasteiger partial charge in [0.15, 0.2) is 0 Å². The van der Waals surface area contributed by atoms with Crippen molar-refractivity contribution in [1.82, 2.24) is 5.32 Å². The van der Waals surface area contributed by atoms with E-state index in [0.29, 0.717) is 5.41 Å². The number of rotatable bonds is 3. The van der Waals surface area contributed by atoms with Crippen LogP contribution in [0.3, 0.4) is 0 Å². The van der Waals surface area contributed by atoms with Crippen LogP contribution in [-0.4, -0.2) is 13.1 Å². The highest BCUT2D eigenvalue weighted by Crippen LogP contribution is 2.43. The van der Waals surface area contributed by atoms with Crippen LogP contribution in [0.15, 0.2) is 0 Å². The van der Waals surface area contributed by atoms with Gasteiger partial charge < -0.3 is 5.32 Å². The molecule has 1 aliphatic carbocycles. The molecule has 1 rings (SSSR count). The van der Waals surface area contributed by atoms with Crippen molar-refractivity contribution in [3.63, 3.8) is 0 Å². The number of hydrogen-bond acceptors (Lipinski definition) is 1. The van der Waals surface area contributed by atoms with Gasteiger partial charge in [-0.1, -0.05) is 13.8 Å². The first-order valence-electron chi connectivity index (χ1n) is 3.47. The lowest BCUT2D eigenvalue weighted by Crippen LogP contribution is -2.21. The second-order valence-electron chi connectivity index (χ2n) is 3.09. The quantitative estimate of drug-likeness (QED) is 0.583. The van der Waals surface area contributed by atoms with Gasteiger partial charge in [0.1, 0.15) is 0 Å². The van der Waals surface area contributed by atoms with Crippen molar-refractivity contribution in [3.8, 4) is 0 Å². The molecule has 1 saturated carbocycles. The lowest BCUT2D eigenvalue weighted by Gasteiger charge is -2.06. The summed E-state index contributed by atoms with van der Waals surface area (Å²) < 4.78 is 0. The van der Waals surface area contributed by atoms with Gasteiger partial charge in [0, 0.05) is 6.54 Å². The molecular weight excluding hydrogens is 98.1 g/mol. The van der Waals surface area contributed by atoms with E-state index in [9.17, 15) is 0 Å². The van der Waals surface area contributed by atoms with E-state index in [1.54, 1.807) is 0 Å². The minimum Gasteiger partial charge on any atom is -0.316 e. The highest BCUT2D eigenvalue weighted by atomic mass is 14.9. The Bertz CT molecular complexity index is 74.5. The number of hydrogen-bond donors (Lipinski definition) is 1. The SMILES string of the molecule is CCNCC1(C)CC1. The van der Waals surface area contributed by atoms with Gasteiger partial charge in [0.2, 0.25) is 0 Å². The predicted molar refractivity (Wildman–Crippen MR) is 35.9 cm³/mol. The zero-order chi connectivity index (χ0) is 6.04. The first kappa shape index (κ1) is 6.09. The monoisotopic (exact) mass is 113 g/mol. The van der Waals surface area contributed by atoms with Crippen molar-refractivity contribution in [2.75, 3.05) is 13.1 Å². The molecule has 0 aromatic heterocycles. The summed E-state index contributed by atoms with van der Waals surface area (Å²) in [6.45, 7) is 6.85. The van der Waals surface area contributed by atoms with Gasteiger partial charge in [-0.15, -0.1) is 0 Å². The highest BCUT2D eigenvalue weighted by Gasteiger charge is 2.36. The molecule has 1 nitrogen and oxygen atoms in total. The third-order valence-corrected chi connectivity index (χ3v) is 1.91. The van der Waals surface area contributed by atoms with Crippen LogP contribution in [0.2, 0.25) is 0 Å². The normalized spacial score (nSPS) is 23.2. The van der Waals surface area contributed by atoms with Gasteiger partial charge in [-0.2, -0.15) is 0 Å². The smallest absolute Gasteiger partial charge is 0.000505 e. The predicted octanol–water partition coefficient (Wildman–Crippen LogP) is 1.40. The van der Waals surface area contributed by atoms with Crippen molar-refractivity contribution < 1.29 is 0 Å². The molecule has 1 fully saturated rings. The Kier molecular flexibility index (Phi) is 1.57. The van der Waals surface area contributed by atoms with Gasteiger partial charge in [-0.05, 0) is 24.8 Å². The van der Waals surface area contributed by atoms with E-state index in [-0.39, 0.29) is 0 Å². The maximum absolute atomic E-state index is 3.35. The second kappa shape index (κ2) is 2.06. The molecule has 0 spiro atoms. The Morgan fingerprint density at radius 3 is 2.50 bits per heavy atom. The Morgan fingerprint density at radius 1 is 1.50 bits per heavy atom. The molecule has 0 aliphatic heterocycles. The van der Waals surface area contributed by atoms with Crippen LogP contribution in [-0.2, 0) is 0 Å². The van der Waals surface area contributed by atoms with E-state index in [0.717, 1.165) is 6.54 Å². The van der Waals surface area contributed by atoms with Crippen molar-refractivity contribution in [1.29, 1.82) is 0 Å². The molecule has 0 atom stereocenters. The van der Waals surface area contributed by atoms with E-state index in [1.807, 2.05) is 0 Å². The Morgan fingerprint density at radius 2 is 2.12 bits per heavy atom. The fourth-order valence-corrected chi connectivity index (χ4v) is 0.817. The van der Waals surface area contributed by atoms with Crippen LogP contribution in [0, 0.1) is 5.41 Å². The van der Waals surface area contributed by atoms with Crippen molar-refractivity contribution in [3.05, 3.63) is 0 Å². The molecule has 0 radical (unpaired) electrons. The fourth-order valence-electron chi connectivity index (χ4n) is 0.817. The Labute approximate surface area is 51.5 Å². The third kappa shape index (κ3) is 1.48. The third-order valence-electron chi connectivity index (χ3n) is 1.91. The summed E-state index contributed by atoms with van der Waals surface area (Å²) in [5.41, 5.74) is 0.690. The first-order chi connectivity index (χ1) is 3.77. The molecule has 0 bridgehead atoms. The van der Waals surface area contributed by atoms with Crippen LogP contribution in [0.1, 0.15) is 26.7 Å². The molecule has 0 saturated heterocycles. The van der Waals surface area contributed by atoms with Crippen LogP contribution >= 0.6 is 0 Å². The average molecular weight is 113 g/mol. The van der Waals surface area contributed by atoms with Gasteiger partial charge in [0.25, 0.3) is 0 Å². The van der Waals surface area contributed by atoms with Gasteiger partial charge in [-0.3, -0.25) is 0 Å². The summed E-state index contributed by atoms with van der Waals surface area (Å²) >= 11 is 0. The second-order valence-corrected chi connectivity index (χ2v) is 3.09. The topological polar surface area (TPSA) is 12.0 Å². The van der Waals surface area contributed by atoms with Gasteiger partial charge >= 0.3 is 0 Å². The average Bonchev–Trinajstić information content (AvgIpc) is 2.45. The van der Waals surface area contributed by atoms with E-state index in [2.05, 4.69) is 19.2 Å². The van der Waals surface area contributed by atoms with Crippen LogP contribution in [0.25, 0.3) is 0 Å². The summed E-state index contributed by atoms with van der Waals surface area (Å²) in [6, 6.07) is 0. The molecule has 0 amide bonds. The van der Waals surface area contributed by atoms with Gasteiger partial charge in [0.05, 0.1) is 0 Å². The summed E-state index contributed by atoms with van der Waals surface area (Å²) in [5, 5.41) is 3.35. The molecule has 0 aromatic rings. The Balaban J connectivity index is 2.01. The van der Waals surface area contributed by atoms with Crippen molar-refractivity contribution >= 4 is 0 Å². The highest BCUT2D eigenvalue weighted by molar-refractivity contribution is 4.89. The molecule has 1 heteroatoms. The lowest BCUT2D eigenvalue weighted by molar-refractivity contribution is 0.510. The molecule has 1 aliphatic rings. The molecule has 0 heterocycles. The summed E-state index contributed by atoms with van der Waals surface area (Å²) in [7, 11) is 0. The van der Waals surface area contributed by atoms with Crippen molar-refractivity contribution in [2.24, 2.45) is 5.41 Å². The van der Waals surface area contributed by atoms with Crippen molar-refractivity contribution in [2.45, 2.75) is 26.7 Å². The van der Waals surface area contributed by atoms with E-state index in [4.69, 9.17) is 0 Å². The molecule has 1 N–H and O–H groups in total. The van der Waals surface area contributed by atoms with E-state index in [1.165, 1.54) is 19.4 Å². The zero-order valence-corrected chi connectivity index (χ0v) is 5.83. The lowest BCUT2D eigenvalue weighted by atomic mass is 10.1. The molecule has 48 valence electrons. The maximum atomic E-state index is 3.35. The largest absolute Gasteiger partial charge is 0.316 e.